The van der Waals surface area contributed by atoms with Gasteiger partial charge in [0, 0.05) is 18.9 Å². The first kappa shape index (κ1) is 40.0. The van der Waals surface area contributed by atoms with Crippen LogP contribution in [-0.2, 0) is 9.47 Å². The minimum absolute atomic E-state index is 0.231. The molecule has 0 aromatic carbocycles. The Morgan fingerprint density at radius 3 is 1.18 bits per heavy atom. The van der Waals surface area contributed by atoms with Crippen LogP contribution in [0.4, 0.5) is 0 Å². The van der Waals surface area contributed by atoms with Crippen LogP contribution in [0.1, 0.15) is 194 Å². The first-order chi connectivity index (χ1) is 22.2. The summed E-state index contributed by atoms with van der Waals surface area (Å²) in [5.74, 6) is -0.333. The number of hydrogen-bond donors (Lipinski definition) is 1. The number of unbranched alkanes of at least 4 members (excludes halogenated alkanes) is 18. The zero-order valence-electron chi connectivity index (χ0n) is 30.0. The number of allylic oxidation sites excluding steroid dienone is 8. The number of hydrogen-bond acceptors (Lipinski definition) is 3. The van der Waals surface area contributed by atoms with Crippen molar-refractivity contribution in [3.05, 3.63) is 48.6 Å². The summed E-state index contributed by atoms with van der Waals surface area (Å²) in [5, 5.41) is 0. The van der Waals surface area contributed by atoms with Gasteiger partial charge in [-0.3, -0.25) is 0 Å². The smallest absolute Gasteiger partial charge is 0.169 e. The molecule has 2 fully saturated rings. The van der Waals surface area contributed by atoms with E-state index in [4.69, 9.17) is 15.2 Å². The summed E-state index contributed by atoms with van der Waals surface area (Å²) >= 11 is 0. The summed E-state index contributed by atoms with van der Waals surface area (Å²) in [6, 6.07) is 0.252. The van der Waals surface area contributed by atoms with Gasteiger partial charge in [-0.2, -0.15) is 0 Å². The molecule has 3 nitrogen and oxygen atoms in total. The molecule has 2 rings (SSSR count). The normalized spacial score (nSPS) is 21.4. The lowest BCUT2D eigenvalue weighted by atomic mass is 9.98. The van der Waals surface area contributed by atoms with E-state index in [9.17, 15) is 0 Å². The van der Waals surface area contributed by atoms with Crippen molar-refractivity contribution in [3.63, 3.8) is 0 Å². The van der Waals surface area contributed by atoms with Gasteiger partial charge in [0.25, 0.3) is 0 Å². The largest absolute Gasteiger partial charge is 0.344 e. The van der Waals surface area contributed by atoms with E-state index in [1.165, 1.54) is 141 Å². The average molecular weight is 626 g/mol. The third kappa shape index (κ3) is 20.6. The molecule has 260 valence electrons. The van der Waals surface area contributed by atoms with E-state index in [-0.39, 0.29) is 24.0 Å². The number of nitrogens with two attached hydrogens (primary N) is 1. The topological polar surface area (TPSA) is 44.5 Å². The number of ether oxygens (including phenoxy) is 2. The van der Waals surface area contributed by atoms with Gasteiger partial charge in [0.15, 0.2) is 5.79 Å². The first-order valence-corrected chi connectivity index (χ1v) is 19.9. The number of fused-ring (bicyclic) bond motifs is 1. The first-order valence-electron chi connectivity index (χ1n) is 19.9. The molecule has 1 aliphatic carbocycles. The summed E-state index contributed by atoms with van der Waals surface area (Å²) in [6.45, 7) is 4.53. The molecule has 2 atom stereocenters. The van der Waals surface area contributed by atoms with Gasteiger partial charge in [0.05, 0.1) is 12.2 Å². The lowest BCUT2D eigenvalue weighted by Crippen LogP contribution is -2.33. The van der Waals surface area contributed by atoms with Gasteiger partial charge in [-0.15, -0.1) is 0 Å². The minimum Gasteiger partial charge on any atom is -0.344 e. The van der Waals surface area contributed by atoms with Crippen molar-refractivity contribution in [1.82, 2.24) is 0 Å². The van der Waals surface area contributed by atoms with Gasteiger partial charge in [-0.1, -0.05) is 140 Å². The Bertz CT molecular complexity index is 720. The summed E-state index contributed by atoms with van der Waals surface area (Å²) in [7, 11) is 0. The standard InChI is InChI=1S/C42H75NO2/c1-3-5-7-9-11-13-15-17-19-21-23-25-27-29-31-33-35-42(44-40-37-39(43)38-41(40)45-42)36-34-32-30-28-26-24-22-20-18-16-14-12-10-8-6-4-2/h11-14,17-20,39-41H,3-10,15-16,21-38,43H2,1-2H3/b13-11-,14-12-,19-17-,20-18-. The third-order valence-electron chi connectivity index (χ3n) is 9.73. The second kappa shape index (κ2) is 27.9. The summed E-state index contributed by atoms with van der Waals surface area (Å²) in [5.41, 5.74) is 6.22. The van der Waals surface area contributed by atoms with Crippen molar-refractivity contribution in [2.24, 2.45) is 5.73 Å². The molecule has 1 aliphatic heterocycles. The van der Waals surface area contributed by atoms with Crippen molar-refractivity contribution in [2.75, 3.05) is 0 Å². The molecule has 1 heterocycles. The van der Waals surface area contributed by atoms with Gasteiger partial charge in [-0.05, 0) is 89.9 Å². The molecule has 0 aromatic rings. The fourth-order valence-electron chi connectivity index (χ4n) is 6.95. The molecule has 0 spiro atoms. The molecule has 2 unspecified atom stereocenters. The zero-order valence-corrected chi connectivity index (χ0v) is 30.0. The van der Waals surface area contributed by atoms with Crippen molar-refractivity contribution in [3.8, 4) is 0 Å². The number of rotatable bonds is 30. The van der Waals surface area contributed by atoms with Crippen molar-refractivity contribution in [1.29, 1.82) is 0 Å². The van der Waals surface area contributed by atoms with Crippen LogP contribution in [0.2, 0.25) is 0 Å². The fraction of sp³-hybridized carbons (Fsp3) is 0.810. The third-order valence-corrected chi connectivity index (χ3v) is 9.73. The predicted molar refractivity (Wildman–Crippen MR) is 198 cm³/mol. The second-order valence-corrected chi connectivity index (χ2v) is 14.1. The van der Waals surface area contributed by atoms with E-state index in [1.807, 2.05) is 0 Å². The van der Waals surface area contributed by atoms with Gasteiger partial charge in [0.2, 0.25) is 0 Å². The molecule has 0 amide bonds. The van der Waals surface area contributed by atoms with Crippen molar-refractivity contribution >= 4 is 0 Å². The van der Waals surface area contributed by atoms with Crippen LogP contribution >= 0.6 is 0 Å². The SMILES string of the molecule is CCCCC/C=C\C/C=C\CCCCCCCCC1(CCCCCCCC/C=C\C/C=C\CCCCC)OC2CC(N)CC2O1. The fourth-order valence-corrected chi connectivity index (χ4v) is 6.95. The highest BCUT2D eigenvalue weighted by Crippen LogP contribution is 2.43. The molecular weight excluding hydrogens is 550 g/mol. The molecule has 3 heteroatoms. The summed E-state index contributed by atoms with van der Waals surface area (Å²) in [6.07, 6.45) is 54.2. The van der Waals surface area contributed by atoms with Gasteiger partial charge in [0.1, 0.15) is 0 Å². The van der Waals surface area contributed by atoms with E-state index in [0.29, 0.717) is 0 Å². The van der Waals surface area contributed by atoms with Crippen LogP contribution in [0.15, 0.2) is 48.6 Å². The maximum atomic E-state index is 6.66. The lowest BCUT2D eigenvalue weighted by molar-refractivity contribution is -0.191. The van der Waals surface area contributed by atoms with Gasteiger partial charge >= 0.3 is 0 Å². The Kier molecular flexibility index (Phi) is 24.8. The van der Waals surface area contributed by atoms with Gasteiger partial charge in [-0.25, -0.2) is 0 Å². The summed E-state index contributed by atoms with van der Waals surface area (Å²) in [4.78, 5) is 0. The molecule has 45 heavy (non-hydrogen) atoms. The highest BCUT2D eigenvalue weighted by molar-refractivity contribution is 4.96. The predicted octanol–water partition coefficient (Wildman–Crippen LogP) is 13.0. The molecule has 0 aromatic heterocycles. The Hall–Kier alpha value is -1.16. The maximum Gasteiger partial charge on any atom is 0.169 e. The Balaban J connectivity index is 1.50. The lowest BCUT2D eigenvalue weighted by Gasteiger charge is -2.30. The Labute approximate surface area is 280 Å². The van der Waals surface area contributed by atoms with Crippen LogP contribution in [0.25, 0.3) is 0 Å². The highest BCUT2D eigenvalue weighted by Gasteiger charge is 2.50. The van der Waals surface area contributed by atoms with E-state index in [1.54, 1.807) is 0 Å². The quantitative estimate of drug-likeness (QED) is 0.0638. The van der Waals surface area contributed by atoms with Crippen LogP contribution in [0, 0.1) is 0 Å². The molecule has 1 saturated carbocycles. The van der Waals surface area contributed by atoms with Crippen LogP contribution in [-0.4, -0.2) is 24.0 Å². The average Bonchev–Trinajstić information content (AvgIpc) is 3.54. The Morgan fingerprint density at radius 1 is 0.467 bits per heavy atom. The molecule has 0 radical (unpaired) electrons. The summed E-state index contributed by atoms with van der Waals surface area (Å²) < 4.78 is 13.3. The van der Waals surface area contributed by atoms with Crippen LogP contribution in [0.5, 0.6) is 0 Å². The van der Waals surface area contributed by atoms with E-state index < -0.39 is 0 Å². The molecule has 0 bridgehead atoms. The van der Waals surface area contributed by atoms with Gasteiger partial charge < -0.3 is 15.2 Å². The molecule has 1 saturated heterocycles. The van der Waals surface area contributed by atoms with Crippen LogP contribution < -0.4 is 5.73 Å². The molecule has 2 N–H and O–H groups in total. The van der Waals surface area contributed by atoms with Crippen molar-refractivity contribution < 1.29 is 9.47 Å². The van der Waals surface area contributed by atoms with Crippen molar-refractivity contribution in [2.45, 2.75) is 218 Å². The maximum absolute atomic E-state index is 6.66. The highest BCUT2D eigenvalue weighted by atomic mass is 16.8. The van der Waals surface area contributed by atoms with E-state index in [0.717, 1.165) is 38.5 Å². The Morgan fingerprint density at radius 2 is 0.800 bits per heavy atom. The minimum atomic E-state index is -0.333. The van der Waals surface area contributed by atoms with E-state index >= 15 is 0 Å². The molecular formula is C42H75NO2. The molecule has 2 aliphatic rings. The monoisotopic (exact) mass is 626 g/mol. The second-order valence-electron chi connectivity index (χ2n) is 14.1. The van der Waals surface area contributed by atoms with E-state index in [2.05, 4.69) is 62.5 Å². The zero-order chi connectivity index (χ0) is 32.1. The van der Waals surface area contributed by atoms with Crippen LogP contribution in [0.3, 0.4) is 0 Å².